The summed E-state index contributed by atoms with van der Waals surface area (Å²) in [6.07, 6.45) is 1.56. The maximum Gasteiger partial charge on any atom is 0.162 e. The molecule has 0 bridgehead atoms. The fourth-order valence-electron chi connectivity index (χ4n) is 3.83. The van der Waals surface area contributed by atoms with Gasteiger partial charge in [0.25, 0.3) is 0 Å². The second kappa shape index (κ2) is 3.33. The third kappa shape index (κ3) is 1.36. The van der Waals surface area contributed by atoms with Crippen LogP contribution in [0, 0.1) is 10.8 Å². The topological polar surface area (TPSA) is 65.8 Å². The first kappa shape index (κ1) is 11.3. The first-order chi connectivity index (χ1) is 9.02. The van der Waals surface area contributed by atoms with Crippen LogP contribution in [0.1, 0.15) is 26.7 Å². The molecule has 4 aliphatic rings. The number of fused-ring (bicyclic) bond motifs is 2. The fourth-order valence-corrected chi connectivity index (χ4v) is 3.83. The molecule has 2 N–H and O–H groups in total. The monoisotopic (exact) mass is 258 g/mol. The average molecular weight is 258 g/mol. The lowest BCUT2D eigenvalue weighted by Crippen LogP contribution is -2.60. The average Bonchev–Trinajstić information content (AvgIpc) is 2.69. The molecule has 0 atom stereocenters. The zero-order valence-corrected chi connectivity index (χ0v) is 11.3. The van der Waals surface area contributed by atoms with Crippen LogP contribution in [-0.2, 0) is 4.79 Å². The summed E-state index contributed by atoms with van der Waals surface area (Å²) in [5, 5.41) is 15.1. The zero-order valence-electron chi connectivity index (χ0n) is 11.3. The zero-order chi connectivity index (χ0) is 13.3. The second-order valence-electron chi connectivity index (χ2n) is 6.83. The molecule has 5 nitrogen and oxygen atoms in total. The summed E-state index contributed by atoms with van der Waals surface area (Å²) in [6.45, 7) is 6.65. The quantitative estimate of drug-likeness (QED) is 0.692. The van der Waals surface area contributed by atoms with Gasteiger partial charge in [-0.1, -0.05) is 13.8 Å². The van der Waals surface area contributed by atoms with E-state index in [-0.39, 0.29) is 10.8 Å². The van der Waals surface area contributed by atoms with Crippen molar-refractivity contribution in [3.8, 4) is 0 Å². The van der Waals surface area contributed by atoms with Crippen LogP contribution in [0.2, 0.25) is 0 Å². The van der Waals surface area contributed by atoms with E-state index in [9.17, 15) is 4.79 Å². The Balaban J connectivity index is 1.85. The number of rotatable bonds is 0. The van der Waals surface area contributed by atoms with Crippen LogP contribution in [0.3, 0.4) is 0 Å². The van der Waals surface area contributed by atoms with Gasteiger partial charge in [-0.25, -0.2) is 0 Å². The number of dihydropyridines is 1. The summed E-state index contributed by atoms with van der Waals surface area (Å²) in [5.41, 5.74) is 3.22. The third-order valence-electron chi connectivity index (χ3n) is 4.74. The Labute approximate surface area is 112 Å². The molecule has 1 aliphatic carbocycles. The smallest absolute Gasteiger partial charge is 0.162 e. The molecule has 19 heavy (non-hydrogen) atoms. The molecular weight excluding hydrogens is 240 g/mol. The van der Waals surface area contributed by atoms with Gasteiger partial charge in [0.2, 0.25) is 0 Å². The summed E-state index contributed by atoms with van der Waals surface area (Å²) in [6, 6.07) is 0. The third-order valence-corrected chi connectivity index (χ3v) is 4.74. The Morgan fingerprint density at radius 2 is 2.00 bits per heavy atom. The number of ketones is 1. The number of nitrogens with one attached hydrogen (secondary N) is 2. The highest BCUT2D eigenvalue weighted by molar-refractivity contribution is 6.00. The molecule has 0 aromatic heterocycles. The summed E-state index contributed by atoms with van der Waals surface area (Å²) < 4.78 is 0. The van der Waals surface area contributed by atoms with E-state index in [1.54, 1.807) is 0 Å². The van der Waals surface area contributed by atoms with E-state index in [4.69, 9.17) is 0 Å². The molecule has 3 aliphatic heterocycles. The van der Waals surface area contributed by atoms with Gasteiger partial charge < -0.3 is 10.6 Å². The Hall–Kier alpha value is -1.49. The van der Waals surface area contributed by atoms with E-state index >= 15 is 0 Å². The number of carbonyl (C=O) groups is 1. The van der Waals surface area contributed by atoms with Crippen LogP contribution in [0.15, 0.2) is 32.9 Å². The Kier molecular flexibility index (Phi) is 1.99. The molecular formula is C14H18N4O. The minimum atomic E-state index is -0.118. The molecule has 0 saturated carbocycles. The van der Waals surface area contributed by atoms with Gasteiger partial charge >= 0.3 is 0 Å². The molecule has 3 heterocycles. The van der Waals surface area contributed by atoms with Gasteiger partial charge in [0.1, 0.15) is 0 Å². The summed E-state index contributed by atoms with van der Waals surface area (Å²) >= 11 is 0. The number of allylic oxidation sites excluding steroid dienone is 1. The number of Topliss-reactive ketones (excluding diaryl/α,β-unsaturated/α-hetero) is 1. The predicted octanol–water partition coefficient (Wildman–Crippen LogP) is 1.50. The molecule has 0 radical (unpaired) electrons. The van der Waals surface area contributed by atoms with Crippen LogP contribution in [0.25, 0.3) is 0 Å². The van der Waals surface area contributed by atoms with Crippen molar-refractivity contribution in [2.45, 2.75) is 26.7 Å². The van der Waals surface area contributed by atoms with E-state index in [2.05, 4.69) is 34.7 Å². The van der Waals surface area contributed by atoms with Crippen LogP contribution < -0.4 is 10.6 Å². The van der Waals surface area contributed by atoms with Crippen LogP contribution >= 0.6 is 0 Å². The molecule has 1 saturated heterocycles. The predicted molar refractivity (Wildman–Crippen MR) is 70.2 cm³/mol. The molecule has 0 aromatic carbocycles. The molecule has 1 fully saturated rings. The van der Waals surface area contributed by atoms with Crippen molar-refractivity contribution in [3.05, 3.63) is 22.7 Å². The van der Waals surface area contributed by atoms with Crippen molar-refractivity contribution < 1.29 is 4.79 Å². The molecule has 100 valence electrons. The Morgan fingerprint density at radius 3 is 2.68 bits per heavy atom. The molecule has 0 amide bonds. The van der Waals surface area contributed by atoms with E-state index in [0.29, 0.717) is 18.7 Å². The van der Waals surface area contributed by atoms with Crippen molar-refractivity contribution in [2.24, 2.45) is 21.1 Å². The summed E-state index contributed by atoms with van der Waals surface area (Å²) in [5.74, 6) is 1.20. The van der Waals surface area contributed by atoms with Gasteiger partial charge in [0, 0.05) is 36.4 Å². The number of hydrogen-bond acceptors (Lipinski definition) is 5. The van der Waals surface area contributed by atoms with Crippen LogP contribution in [0.4, 0.5) is 0 Å². The molecule has 5 heteroatoms. The number of azo groups is 1. The standard InChI is InChI=1S/C14H18N4O/c1-13(2)3-9-11(10(19)4-13)14(6-15-7-14)8-5-16-18-12(8)17-9/h15,17H,3-7H2,1-2H3. The first-order valence-electron chi connectivity index (χ1n) is 6.88. The highest BCUT2D eigenvalue weighted by Crippen LogP contribution is 2.51. The Morgan fingerprint density at radius 1 is 1.21 bits per heavy atom. The van der Waals surface area contributed by atoms with Gasteiger partial charge in [-0.15, -0.1) is 5.11 Å². The maximum atomic E-state index is 12.6. The minimum Gasteiger partial charge on any atom is -0.342 e. The lowest BCUT2D eigenvalue weighted by molar-refractivity contribution is -0.119. The highest BCUT2D eigenvalue weighted by atomic mass is 16.1. The SMILES string of the molecule is CC1(C)CC(=O)C2=C(C1)NC1=C(CN=N1)C21CNC1. The van der Waals surface area contributed by atoms with Gasteiger partial charge in [-0.2, -0.15) is 5.11 Å². The highest BCUT2D eigenvalue weighted by Gasteiger charge is 2.54. The summed E-state index contributed by atoms with van der Waals surface area (Å²) in [4.78, 5) is 12.6. The number of nitrogens with zero attached hydrogens (tertiary/aromatic N) is 2. The van der Waals surface area contributed by atoms with E-state index in [1.807, 2.05) is 0 Å². The Bertz CT molecular complexity index is 578. The maximum absolute atomic E-state index is 12.6. The van der Waals surface area contributed by atoms with Gasteiger partial charge in [-0.3, -0.25) is 4.79 Å². The number of hydrogen-bond donors (Lipinski definition) is 2. The van der Waals surface area contributed by atoms with E-state index in [1.165, 1.54) is 5.57 Å². The largest absolute Gasteiger partial charge is 0.342 e. The van der Waals surface area contributed by atoms with Gasteiger partial charge in [0.15, 0.2) is 11.6 Å². The van der Waals surface area contributed by atoms with E-state index in [0.717, 1.165) is 36.6 Å². The van der Waals surface area contributed by atoms with Crippen molar-refractivity contribution in [1.29, 1.82) is 0 Å². The normalized spacial score (nSPS) is 30.1. The van der Waals surface area contributed by atoms with Crippen LogP contribution in [-0.4, -0.2) is 25.4 Å². The summed E-state index contributed by atoms with van der Waals surface area (Å²) in [7, 11) is 0. The van der Waals surface area contributed by atoms with Crippen molar-refractivity contribution in [3.63, 3.8) is 0 Å². The first-order valence-corrected chi connectivity index (χ1v) is 6.88. The van der Waals surface area contributed by atoms with Gasteiger partial charge in [-0.05, 0) is 11.8 Å². The van der Waals surface area contributed by atoms with E-state index < -0.39 is 0 Å². The van der Waals surface area contributed by atoms with Crippen LogP contribution in [0.5, 0.6) is 0 Å². The lowest BCUT2D eigenvalue weighted by atomic mass is 9.61. The molecule has 0 unspecified atom stereocenters. The molecule has 4 rings (SSSR count). The lowest BCUT2D eigenvalue weighted by Gasteiger charge is -2.50. The van der Waals surface area contributed by atoms with Crippen molar-refractivity contribution in [2.75, 3.05) is 19.6 Å². The molecule has 0 aromatic rings. The van der Waals surface area contributed by atoms with Gasteiger partial charge in [0.05, 0.1) is 12.0 Å². The second-order valence-corrected chi connectivity index (χ2v) is 6.83. The number of carbonyl (C=O) groups excluding carboxylic acids is 1. The molecule has 1 spiro atoms. The fraction of sp³-hybridized carbons (Fsp3) is 0.643. The minimum absolute atomic E-state index is 0.0368. The van der Waals surface area contributed by atoms with Crippen molar-refractivity contribution in [1.82, 2.24) is 10.6 Å². The van der Waals surface area contributed by atoms with Crippen molar-refractivity contribution >= 4 is 5.78 Å².